The van der Waals surface area contributed by atoms with Crippen molar-refractivity contribution >= 4 is 28.2 Å². The molecule has 2 N–H and O–H groups in total. The molecule has 6 heteroatoms. The molecule has 1 aromatic carbocycles. The van der Waals surface area contributed by atoms with Gasteiger partial charge in [0.25, 0.3) is 0 Å². The molecule has 0 bridgehead atoms. The Balaban J connectivity index is 1.78. The van der Waals surface area contributed by atoms with E-state index in [1.54, 1.807) is 18.3 Å². The molecule has 0 fully saturated rings. The Morgan fingerprint density at radius 1 is 1.23 bits per heavy atom. The van der Waals surface area contributed by atoms with Crippen LogP contribution in [-0.4, -0.2) is 21.3 Å². The molecular formula is C16H12FIN4. The van der Waals surface area contributed by atoms with Gasteiger partial charge in [-0.2, -0.15) is 5.10 Å². The summed E-state index contributed by atoms with van der Waals surface area (Å²) in [4.78, 5) is 2.13. The largest absolute Gasteiger partial charge is 0.366 e. The summed E-state index contributed by atoms with van der Waals surface area (Å²) < 4.78 is 15.2. The summed E-state index contributed by atoms with van der Waals surface area (Å²) in [5.41, 5.74) is 3.10. The van der Waals surface area contributed by atoms with E-state index in [0.29, 0.717) is 11.3 Å². The van der Waals surface area contributed by atoms with Crippen molar-refractivity contribution in [2.24, 2.45) is 0 Å². The number of aromatic nitrogens is 2. The molecule has 0 saturated heterocycles. The number of nitrogens with zero attached hydrogens (tertiary/aromatic N) is 2. The fraction of sp³-hybridized carbons (Fsp3) is 0.0625. The standard InChI is InChI=1S/C16H12FIN4/c17-13-4-2-1-3-11(13)16-12(7-20-21-16)10-5-6-15-19-8-14(18)22(15)9-10/h1-9,15,19H,(H,20,21). The number of fused-ring (bicyclic) bond motifs is 1. The zero-order valence-electron chi connectivity index (χ0n) is 11.4. The molecule has 0 spiro atoms. The van der Waals surface area contributed by atoms with Gasteiger partial charge in [-0.1, -0.05) is 18.2 Å². The topological polar surface area (TPSA) is 44.0 Å². The summed E-state index contributed by atoms with van der Waals surface area (Å²) in [5.74, 6) is -0.261. The number of aromatic amines is 1. The second-order valence-electron chi connectivity index (χ2n) is 5.07. The molecule has 1 aromatic heterocycles. The van der Waals surface area contributed by atoms with E-state index in [1.807, 2.05) is 18.3 Å². The van der Waals surface area contributed by atoms with Crippen molar-refractivity contribution in [3.8, 4) is 11.3 Å². The Morgan fingerprint density at radius 3 is 2.95 bits per heavy atom. The molecule has 4 nitrogen and oxygen atoms in total. The average molecular weight is 406 g/mol. The number of nitrogens with one attached hydrogen (secondary N) is 2. The highest BCUT2D eigenvalue weighted by Gasteiger charge is 2.25. The van der Waals surface area contributed by atoms with Crippen LogP contribution in [-0.2, 0) is 0 Å². The fourth-order valence-electron chi connectivity index (χ4n) is 2.65. The van der Waals surface area contributed by atoms with E-state index >= 15 is 0 Å². The van der Waals surface area contributed by atoms with Crippen LogP contribution in [0.25, 0.3) is 16.8 Å². The molecular weight excluding hydrogens is 394 g/mol. The molecule has 110 valence electrons. The van der Waals surface area contributed by atoms with E-state index in [0.717, 1.165) is 14.8 Å². The zero-order valence-corrected chi connectivity index (χ0v) is 13.6. The molecule has 0 radical (unpaired) electrons. The average Bonchev–Trinajstić information content (AvgIpc) is 3.15. The first kappa shape index (κ1) is 13.6. The highest BCUT2D eigenvalue weighted by atomic mass is 127. The third-order valence-corrected chi connectivity index (χ3v) is 4.62. The molecule has 22 heavy (non-hydrogen) atoms. The highest BCUT2D eigenvalue weighted by Crippen LogP contribution is 2.34. The molecule has 0 amide bonds. The lowest BCUT2D eigenvalue weighted by molar-refractivity contribution is 0.425. The molecule has 1 unspecified atom stereocenters. The number of H-pyrrole nitrogens is 1. The zero-order chi connectivity index (χ0) is 15.1. The van der Waals surface area contributed by atoms with Crippen molar-refractivity contribution in [2.75, 3.05) is 0 Å². The van der Waals surface area contributed by atoms with Crippen LogP contribution in [0.2, 0.25) is 0 Å². The number of benzene rings is 1. The van der Waals surface area contributed by atoms with Crippen molar-refractivity contribution in [1.82, 2.24) is 20.4 Å². The number of hydrogen-bond acceptors (Lipinski definition) is 3. The van der Waals surface area contributed by atoms with Crippen LogP contribution in [0.3, 0.4) is 0 Å². The van der Waals surface area contributed by atoms with Gasteiger partial charge in [-0.25, -0.2) is 4.39 Å². The number of allylic oxidation sites excluding steroid dienone is 2. The van der Waals surface area contributed by atoms with Gasteiger partial charge in [0, 0.05) is 29.1 Å². The number of hydrogen-bond donors (Lipinski definition) is 2. The minimum Gasteiger partial charge on any atom is -0.366 e. The van der Waals surface area contributed by atoms with Crippen LogP contribution in [0.15, 0.2) is 58.7 Å². The van der Waals surface area contributed by atoms with Crippen molar-refractivity contribution in [3.63, 3.8) is 0 Å². The maximum absolute atomic E-state index is 14.1. The Labute approximate surface area is 140 Å². The highest BCUT2D eigenvalue weighted by molar-refractivity contribution is 14.1. The molecule has 1 atom stereocenters. The van der Waals surface area contributed by atoms with Crippen LogP contribution in [0.1, 0.15) is 5.56 Å². The molecule has 2 aromatic rings. The van der Waals surface area contributed by atoms with Gasteiger partial charge in [-0.3, -0.25) is 5.10 Å². The van der Waals surface area contributed by atoms with Crippen molar-refractivity contribution < 1.29 is 4.39 Å². The van der Waals surface area contributed by atoms with E-state index in [2.05, 4.69) is 55.3 Å². The van der Waals surface area contributed by atoms with E-state index in [-0.39, 0.29) is 12.0 Å². The van der Waals surface area contributed by atoms with Gasteiger partial charge in [-0.15, -0.1) is 0 Å². The molecule has 2 aliphatic rings. The van der Waals surface area contributed by atoms with Crippen LogP contribution in [0, 0.1) is 5.82 Å². The molecule has 0 saturated carbocycles. The first-order valence-corrected chi connectivity index (χ1v) is 7.90. The van der Waals surface area contributed by atoms with E-state index < -0.39 is 0 Å². The number of halogens is 2. The summed E-state index contributed by atoms with van der Waals surface area (Å²) >= 11 is 2.28. The van der Waals surface area contributed by atoms with Crippen molar-refractivity contribution in [1.29, 1.82) is 0 Å². The first-order valence-electron chi connectivity index (χ1n) is 6.83. The Morgan fingerprint density at radius 2 is 2.09 bits per heavy atom. The monoisotopic (exact) mass is 406 g/mol. The van der Waals surface area contributed by atoms with Gasteiger partial charge >= 0.3 is 0 Å². The molecule has 4 rings (SSSR count). The van der Waals surface area contributed by atoms with Gasteiger partial charge in [0.15, 0.2) is 0 Å². The first-order chi connectivity index (χ1) is 10.7. The summed E-state index contributed by atoms with van der Waals surface area (Å²) in [7, 11) is 0. The number of rotatable bonds is 2. The van der Waals surface area contributed by atoms with Crippen molar-refractivity contribution in [3.05, 3.63) is 70.1 Å². The third-order valence-electron chi connectivity index (χ3n) is 3.75. The second-order valence-corrected chi connectivity index (χ2v) is 6.17. The lowest BCUT2D eigenvalue weighted by atomic mass is 10.00. The van der Waals surface area contributed by atoms with Gasteiger partial charge in [-0.05, 0) is 40.8 Å². The summed E-state index contributed by atoms with van der Waals surface area (Å²) in [6.45, 7) is 0. The van der Waals surface area contributed by atoms with Crippen LogP contribution >= 0.6 is 22.6 Å². The van der Waals surface area contributed by atoms with Crippen molar-refractivity contribution in [2.45, 2.75) is 6.17 Å². The maximum Gasteiger partial charge on any atom is 0.132 e. The summed E-state index contributed by atoms with van der Waals surface area (Å²) in [6, 6.07) is 6.71. The van der Waals surface area contributed by atoms with Gasteiger partial charge in [0.1, 0.15) is 12.0 Å². The molecule has 0 aliphatic carbocycles. The normalized spacial score (nSPS) is 19.5. The van der Waals surface area contributed by atoms with Crippen LogP contribution < -0.4 is 5.32 Å². The SMILES string of the molecule is Fc1ccccc1-c1[nH]ncc1C1=CN2C(I)=CNC2C=C1. The minimum atomic E-state index is -0.261. The van der Waals surface area contributed by atoms with E-state index in [4.69, 9.17) is 0 Å². The van der Waals surface area contributed by atoms with Crippen LogP contribution in [0.4, 0.5) is 4.39 Å². The van der Waals surface area contributed by atoms with Gasteiger partial charge in [0.2, 0.25) is 0 Å². The van der Waals surface area contributed by atoms with E-state index in [9.17, 15) is 4.39 Å². The Kier molecular flexibility index (Phi) is 3.25. The van der Waals surface area contributed by atoms with E-state index in [1.165, 1.54) is 6.07 Å². The Hall–Kier alpha value is -2.09. The van der Waals surface area contributed by atoms with Gasteiger partial charge < -0.3 is 10.2 Å². The van der Waals surface area contributed by atoms with Gasteiger partial charge in [0.05, 0.1) is 15.6 Å². The lowest BCUT2D eigenvalue weighted by Gasteiger charge is -2.25. The lowest BCUT2D eigenvalue weighted by Crippen LogP contribution is -2.32. The minimum absolute atomic E-state index is 0.152. The predicted octanol–water partition coefficient (Wildman–Crippen LogP) is 3.59. The predicted molar refractivity (Wildman–Crippen MR) is 92.0 cm³/mol. The summed E-state index contributed by atoms with van der Waals surface area (Å²) in [6.07, 6.45) is 10.0. The second kappa shape index (κ2) is 5.28. The quantitative estimate of drug-likeness (QED) is 0.592. The molecule has 3 heterocycles. The Bertz CT molecular complexity index is 821. The smallest absolute Gasteiger partial charge is 0.132 e. The fourth-order valence-corrected chi connectivity index (χ4v) is 3.27. The van der Waals surface area contributed by atoms with Crippen LogP contribution in [0.5, 0.6) is 0 Å². The third kappa shape index (κ3) is 2.14. The molecule has 2 aliphatic heterocycles. The summed E-state index contributed by atoms with van der Waals surface area (Å²) in [5, 5.41) is 10.3. The maximum atomic E-state index is 14.1.